The summed E-state index contributed by atoms with van der Waals surface area (Å²) < 4.78 is 33.3. The number of hydrogen-bond donors (Lipinski definition) is 2. The van der Waals surface area contributed by atoms with E-state index in [2.05, 4.69) is 16.3 Å². The number of carbonyl (C=O) groups is 1. The lowest BCUT2D eigenvalue weighted by Gasteiger charge is -2.45. The third-order valence-corrected chi connectivity index (χ3v) is 9.25. The van der Waals surface area contributed by atoms with Crippen LogP contribution in [0.15, 0.2) is 36.4 Å². The Bertz CT molecular complexity index is 1590. The summed E-state index contributed by atoms with van der Waals surface area (Å²) in [5.74, 6) is -2.63. The SMILES string of the molecule is N#CCC1(c2nc(OCCN3CCC(F)(F)CC3)nc3c2CCN(c2cccc4cccc(Cl)c24)C3)CNCCN1C(=O)O. The van der Waals surface area contributed by atoms with Crippen LogP contribution >= 0.6 is 11.6 Å². The zero-order valence-electron chi connectivity index (χ0n) is 24.2. The fraction of sp³-hybridized carbons (Fsp3) is 0.484. The molecule has 1 unspecified atom stereocenters. The number of fused-ring (bicyclic) bond motifs is 2. The molecule has 10 nitrogen and oxygen atoms in total. The summed E-state index contributed by atoms with van der Waals surface area (Å²) >= 11 is 6.65. The van der Waals surface area contributed by atoms with Crippen LogP contribution < -0.4 is 15.0 Å². The summed E-state index contributed by atoms with van der Waals surface area (Å²) in [7, 11) is 0. The van der Waals surface area contributed by atoms with Gasteiger partial charge in [0.05, 0.1) is 35.4 Å². The number of nitriles is 1. The molecule has 2 N–H and O–H groups in total. The van der Waals surface area contributed by atoms with E-state index in [1.165, 1.54) is 4.90 Å². The minimum atomic E-state index is -2.63. The van der Waals surface area contributed by atoms with Crippen molar-refractivity contribution in [3.63, 3.8) is 0 Å². The first-order valence-electron chi connectivity index (χ1n) is 14.8. The van der Waals surface area contributed by atoms with Crippen molar-refractivity contribution in [2.75, 3.05) is 57.3 Å². The van der Waals surface area contributed by atoms with Gasteiger partial charge in [-0.3, -0.25) is 9.80 Å². The Morgan fingerprint density at radius 1 is 1.14 bits per heavy atom. The van der Waals surface area contributed by atoms with Gasteiger partial charge in [-0.25, -0.2) is 13.6 Å². The maximum absolute atomic E-state index is 13.6. The highest BCUT2D eigenvalue weighted by molar-refractivity contribution is 6.36. The number of nitrogens with zero attached hydrogens (tertiary/aromatic N) is 6. The maximum Gasteiger partial charge on any atom is 0.408 e. The number of ether oxygens (including phenoxy) is 1. The second-order valence-corrected chi connectivity index (χ2v) is 12.0. The zero-order chi connectivity index (χ0) is 30.9. The van der Waals surface area contributed by atoms with E-state index in [0.717, 1.165) is 22.0 Å². The van der Waals surface area contributed by atoms with Crippen molar-refractivity contribution in [3.05, 3.63) is 58.4 Å². The molecule has 0 aliphatic carbocycles. The molecule has 0 saturated carbocycles. The van der Waals surface area contributed by atoms with Crippen molar-refractivity contribution in [3.8, 4) is 12.1 Å². The van der Waals surface area contributed by atoms with E-state index in [9.17, 15) is 23.9 Å². The van der Waals surface area contributed by atoms with Crippen LogP contribution in [-0.4, -0.2) is 89.3 Å². The number of piperidine rings is 1. The molecule has 2 aromatic carbocycles. The molecule has 0 bridgehead atoms. The number of benzene rings is 2. The standard InChI is InChI=1S/C31H34ClF2N7O3/c32-23-5-1-3-21-4-2-6-25(26(21)23)40-13-7-22-24(19-40)37-28(44-18-17-39-14-9-31(33,34)10-15-39)38-27(22)30(8-11-35)20-36-12-16-41(30)29(42)43/h1-6,36H,7-10,12-20H2,(H,42,43). The van der Waals surface area contributed by atoms with Crippen LogP contribution in [0.1, 0.15) is 36.2 Å². The van der Waals surface area contributed by atoms with Crippen LogP contribution in [0.3, 0.4) is 0 Å². The minimum Gasteiger partial charge on any atom is -0.465 e. The van der Waals surface area contributed by atoms with Gasteiger partial charge < -0.3 is 20.1 Å². The lowest BCUT2D eigenvalue weighted by atomic mass is 9.83. The lowest BCUT2D eigenvalue weighted by Crippen LogP contribution is -2.61. The highest BCUT2D eigenvalue weighted by Crippen LogP contribution is 2.40. The summed E-state index contributed by atoms with van der Waals surface area (Å²) in [5, 5.41) is 26.0. The maximum atomic E-state index is 13.6. The number of nitrogens with one attached hydrogen (secondary N) is 1. The summed E-state index contributed by atoms with van der Waals surface area (Å²) in [6.07, 6.45) is -1.07. The molecule has 3 aliphatic heterocycles. The number of likely N-dealkylation sites (tertiary alicyclic amines) is 1. The van der Waals surface area contributed by atoms with E-state index in [4.69, 9.17) is 26.3 Å². The number of halogens is 3. The van der Waals surface area contributed by atoms with Gasteiger partial charge in [0.2, 0.25) is 0 Å². The van der Waals surface area contributed by atoms with Gasteiger partial charge >= 0.3 is 12.1 Å². The summed E-state index contributed by atoms with van der Waals surface area (Å²) in [6, 6.07) is 14.1. The van der Waals surface area contributed by atoms with Gasteiger partial charge in [-0.2, -0.15) is 15.2 Å². The molecule has 3 aliphatic rings. The summed E-state index contributed by atoms with van der Waals surface area (Å²) in [5.41, 5.74) is 1.70. The number of hydrogen-bond acceptors (Lipinski definition) is 8. The van der Waals surface area contributed by atoms with Crippen LogP contribution in [0.4, 0.5) is 19.3 Å². The van der Waals surface area contributed by atoms with E-state index in [0.29, 0.717) is 49.0 Å². The van der Waals surface area contributed by atoms with E-state index >= 15 is 0 Å². The molecule has 232 valence electrons. The molecular weight excluding hydrogens is 592 g/mol. The highest BCUT2D eigenvalue weighted by Gasteiger charge is 2.47. The molecule has 6 rings (SSSR count). The van der Waals surface area contributed by atoms with Gasteiger partial charge in [-0.05, 0) is 23.9 Å². The fourth-order valence-electron chi connectivity index (χ4n) is 6.63. The molecule has 0 spiro atoms. The Balaban J connectivity index is 1.36. The summed E-state index contributed by atoms with van der Waals surface area (Å²) in [6.45, 7) is 3.05. The Morgan fingerprint density at radius 2 is 1.91 bits per heavy atom. The predicted octanol–water partition coefficient (Wildman–Crippen LogP) is 4.65. The van der Waals surface area contributed by atoms with Crippen LogP contribution in [0, 0.1) is 11.3 Å². The lowest BCUT2D eigenvalue weighted by molar-refractivity contribution is -0.0565. The molecule has 1 atom stereocenters. The van der Waals surface area contributed by atoms with E-state index < -0.39 is 17.6 Å². The largest absolute Gasteiger partial charge is 0.465 e. The average Bonchev–Trinajstić information content (AvgIpc) is 3.01. The molecule has 44 heavy (non-hydrogen) atoms. The first-order valence-corrected chi connectivity index (χ1v) is 15.2. The first kappa shape index (κ1) is 30.2. The fourth-order valence-corrected chi connectivity index (χ4v) is 6.91. The van der Waals surface area contributed by atoms with Crippen molar-refractivity contribution in [1.29, 1.82) is 5.26 Å². The predicted molar refractivity (Wildman–Crippen MR) is 161 cm³/mol. The van der Waals surface area contributed by atoms with Gasteiger partial charge in [0, 0.05) is 75.3 Å². The minimum absolute atomic E-state index is 0.0760. The number of anilines is 1. The van der Waals surface area contributed by atoms with Crippen LogP contribution in [0.2, 0.25) is 5.02 Å². The van der Waals surface area contributed by atoms with Gasteiger partial charge in [0.15, 0.2) is 0 Å². The van der Waals surface area contributed by atoms with Crippen LogP contribution in [0.25, 0.3) is 10.8 Å². The highest BCUT2D eigenvalue weighted by atomic mass is 35.5. The second kappa shape index (κ2) is 12.3. The monoisotopic (exact) mass is 625 g/mol. The Hall–Kier alpha value is -3.79. The van der Waals surface area contributed by atoms with Gasteiger partial charge in [-0.15, -0.1) is 0 Å². The molecule has 4 heterocycles. The number of carboxylic acid groups (broad SMARTS) is 1. The number of amides is 1. The van der Waals surface area contributed by atoms with E-state index in [-0.39, 0.29) is 58.1 Å². The Morgan fingerprint density at radius 3 is 2.66 bits per heavy atom. The van der Waals surface area contributed by atoms with Gasteiger partial charge in [0.1, 0.15) is 12.1 Å². The third-order valence-electron chi connectivity index (χ3n) is 8.93. The van der Waals surface area contributed by atoms with Crippen molar-refractivity contribution in [2.45, 2.75) is 43.7 Å². The number of rotatable bonds is 7. The zero-order valence-corrected chi connectivity index (χ0v) is 25.0. The van der Waals surface area contributed by atoms with Gasteiger partial charge in [-0.1, -0.05) is 35.9 Å². The van der Waals surface area contributed by atoms with Crippen molar-refractivity contribution in [1.82, 2.24) is 25.1 Å². The average molecular weight is 626 g/mol. The molecule has 3 aromatic rings. The molecule has 0 radical (unpaired) electrons. The number of aromatic nitrogens is 2. The number of alkyl halides is 2. The van der Waals surface area contributed by atoms with E-state index in [1.54, 1.807) is 0 Å². The summed E-state index contributed by atoms with van der Waals surface area (Å²) in [4.78, 5) is 27.5. The van der Waals surface area contributed by atoms with Crippen molar-refractivity contribution < 1.29 is 23.4 Å². The molecule has 1 amide bonds. The molecule has 2 fully saturated rings. The Labute approximate surface area is 259 Å². The van der Waals surface area contributed by atoms with Crippen molar-refractivity contribution in [2.24, 2.45) is 0 Å². The van der Waals surface area contributed by atoms with Crippen LogP contribution in [-0.2, 0) is 18.5 Å². The number of piperazine rings is 1. The van der Waals surface area contributed by atoms with Crippen molar-refractivity contribution >= 4 is 34.2 Å². The Kier molecular flexibility index (Phi) is 8.46. The quantitative estimate of drug-likeness (QED) is 0.387. The molecule has 13 heteroatoms. The molecule has 1 aromatic heterocycles. The van der Waals surface area contributed by atoms with E-state index in [1.807, 2.05) is 41.3 Å². The normalized spacial score (nSPS) is 22.0. The molecular formula is C31H34ClF2N7O3. The van der Waals surface area contributed by atoms with Crippen LogP contribution in [0.5, 0.6) is 6.01 Å². The molecule has 2 saturated heterocycles. The third kappa shape index (κ3) is 5.84. The first-order chi connectivity index (χ1) is 21.2. The van der Waals surface area contributed by atoms with Gasteiger partial charge in [0.25, 0.3) is 5.92 Å². The second-order valence-electron chi connectivity index (χ2n) is 11.6. The smallest absolute Gasteiger partial charge is 0.408 e. The topological polar surface area (TPSA) is 118 Å².